The zero-order valence-electron chi connectivity index (χ0n) is 14.3. The normalized spacial score (nSPS) is 10.9. The molecule has 0 aliphatic rings. The van der Waals surface area contributed by atoms with Crippen LogP contribution in [0.2, 0.25) is 0 Å². The standard InChI is InChI=1S/C20H25NO2/c1-14(2)16-5-9-18(10-6-16)21-20(22)13-23-19-11-7-17(8-12-19)15(3)4/h5-12,14-15H,13H2,1-4H3,(H,21,22). The van der Waals surface area contributed by atoms with Gasteiger partial charge in [-0.1, -0.05) is 52.0 Å². The summed E-state index contributed by atoms with van der Waals surface area (Å²) in [5.74, 6) is 1.52. The fraction of sp³-hybridized carbons (Fsp3) is 0.350. The van der Waals surface area contributed by atoms with E-state index in [0.717, 1.165) is 5.69 Å². The van der Waals surface area contributed by atoms with Crippen molar-refractivity contribution in [1.29, 1.82) is 0 Å². The Morgan fingerprint density at radius 2 is 1.35 bits per heavy atom. The van der Waals surface area contributed by atoms with E-state index in [0.29, 0.717) is 17.6 Å². The van der Waals surface area contributed by atoms with E-state index >= 15 is 0 Å². The second-order valence-corrected chi connectivity index (χ2v) is 6.34. The average molecular weight is 311 g/mol. The van der Waals surface area contributed by atoms with Crippen molar-refractivity contribution in [3.63, 3.8) is 0 Å². The molecule has 0 bridgehead atoms. The van der Waals surface area contributed by atoms with Gasteiger partial charge in [0, 0.05) is 5.69 Å². The minimum Gasteiger partial charge on any atom is -0.484 e. The summed E-state index contributed by atoms with van der Waals surface area (Å²) in [6.45, 7) is 8.59. The fourth-order valence-electron chi connectivity index (χ4n) is 2.25. The number of carbonyl (C=O) groups excluding carboxylic acids is 1. The van der Waals surface area contributed by atoms with Crippen LogP contribution in [0, 0.1) is 0 Å². The molecule has 0 spiro atoms. The molecule has 0 fully saturated rings. The summed E-state index contributed by atoms with van der Waals surface area (Å²) in [5.41, 5.74) is 3.30. The smallest absolute Gasteiger partial charge is 0.262 e. The number of rotatable bonds is 6. The summed E-state index contributed by atoms with van der Waals surface area (Å²) >= 11 is 0. The van der Waals surface area contributed by atoms with Crippen molar-refractivity contribution in [3.05, 3.63) is 59.7 Å². The number of amides is 1. The number of carbonyl (C=O) groups is 1. The maximum Gasteiger partial charge on any atom is 0.262 e. The van der Waals surface area contributed by atoms with Gasteiger partial charge >= 0.3 is 0 Å². The largest absolute Gasteiger partial charge is 0.484 e. The number of hydrogen-bond acceptors (Lipinski definition) is 2. The lowest BCUT2D eigenvalue weighted by Gasteiger charge is -2.10. The summed E-state index contributed by atoms with van der Waals surface area (Å²) in [5, 5.41) is 2.84. The molecule has 2 rings (SSSR count). The van der Waals surface area contributed by atoms with Gasteiger partial charge in [-0.2, -0.15) is 0 Å². The highest BCUT2D eigenvalue weighted by Gasteiger charge is 2.05. The van der Waals surface area contributed by atoms with Crippen LogP contribution in [0.4, 0.5) is 5.69 Å². The first-order valence-electron chi connectivity index (χ1n) is 8.08. The van der Waals surface area contributed by atoms with E-state index in [-0.39, 0.29) is 12.5 Å². The third-order valence-corrected chi connectivity index (χ3v) is 3.78. The molecule has 0 atom stereocenters. The lowest BCUT2D eigenvalue weighted by atomic mass is 10.0. The Kier molecular flexibility index (Phi) is 5.80. The maximum atomic E-state index is 11.9. The lowest BCUT2D eigenvalue weighted by Crippen LogP contribution is -2.20. The van der Waals surface area contributed by atoms with Crippen LogP contribution in [0.25, 0.3) is 0 Å². The van der Waals surface area contributed by atoms with Crippen molar-refractivity contribution in [2.75, 3.05) is 11.9 Å². The molecule has 122 valence electrons. The van der Waals surface area contributed by atoms with Gasteiger partial charge in [0.25, 0.3) is 5.91 Å². The molecular formula is C20H25NO2. The van der Waals surface area contributed by atoms with Crippen LogP contribution in [0.5, 0.6) is 5.75 Å². The van der Waals surface area contributed by atoms with Gasteiger partial charge in [-0.15, -0.1) is 0 Å². The second kappa shape index (κ2) is 7.82. The van der Waals surface area contributed by atoms with Crippen LogP contribution >= 0.6 is 0 Å². The zero-order chi connectivity index (χ0) is 16.8. The zero-order valence-corrected chi connectivity index (χ0v) is 14.3. The van der Waals surface area contributed by atoms with Crippen molar-refractivity contribution in [3.8, 4) is 5.75 Å². The van der Waals surface area contributed by atoms with E-state index in [4.69, 9.17) is 4.74 Å². The van der Waals surface area contributed by atoms with Crippen molar-refractivity contribution in [1.82, 2.24) is 0 Å². The summed E-state index contributed by atoms with van der Waals surface area (Å²) in [6.07, 6.45) is 0. The Bertz CT molecular complexity index is 628. The van der Waals surface area contributed by atoms with Gasteiger partial charge in [0.05, 0.1) is 0 Å². The van der Waals surface area contributed by atoms with Gasteiger partial charge in [0.2, 0.25) is 0 Å². The minimum absolute atomic E-state index is 0.00690. The number of hydrogen-bond donors (Lipinski definition) is 1. The Hall–Kier alpha value is -2.29. The average Bonchev–Trinajstić information content (AvgIpc) is 2.54. The Balaban J connectivity index is 1.85. The van der Waals surface area contributed by atoms with E-state index in [1.807, 2.05) is 48.5 Å². The number of ether oxygens (including phenoxy) is 1. The molecule has 0 unspecified atom stereocenters. The molecule has 2 aromatic carbocycles. The molecule has 1 N–H and O–H groups in total. The molecule has 0 aliphatic heterocycles. The topological polar surface area (TPSA) is 38.3 Å². The van der Waals surface area contributed by atoms with Gasteiger partial charge in [-0.05, 0) is 47.2 Å². The molecule has 0 heterocycles. The van der Waals surface area contributed by atoms with Gasteiger partial charge in [0.1, 0.15) is 5.75 Å². The fourth-order valence-corrected chi connectivity index (χ4v) is 2.25. The van der Waals surface area contributed by atoms with E-state index in [2.05, 4.69) is 33.0 Å². The molecule has 0 aromatic heterocycles. The highest BCUT2D eigenvalue weighted by atomic mass is 16.5. The van der Waals surface area contributed by atoms with Crippen LogP contribution in [0.3, 0.4) is 0 Å². The third kappa shape index (κ3) is 5.13. The van der Waals surface area contributed by atoms with Crippen molar-refractivity contribution >= 4 is 11.6 Å². The van der Waals surface area contributed by atoms with Gasteiger partial charge in [-0.3, -0.25) is 4.79 Å². The third-order valence-electron chi connectivity index (χ3n) is 3.78. The molecule has 3 heteroatoms. The van der Waals surface area contributed by atoms with E-state index in [1.165, 1.54) is 11.1 Å². The Labute approximate surface area is 138 Å². The molecule has 0 saturated carbocycles. The predicted molar refractivity (Wildman–Crippen MR) is 95.2 cm³/mol. The minimum atomic E-state index is -0.157. The highest BCUT2D eigenvalue weighted by Crippen LogP contribution is 2.19. The summed E-state index contributed by atoms with van der Waals surface area (Å²) in [4.78, 5) is 11.9. The summed E-state index contributed by atoms with van der Waals surface area (Å²) in [6, 6.07) is 15.8. The first-order chi connectivity index (χ1) is 11.0. The Morgan fingerprint density at radius 3 is 1.83 bits per heavy atom. The number of anilines is 1. The summed E-state index contributed by atoms with van der Waals surface area (Å²) in [7, 11) is 0. The van der Waals surface area contributed by atoms with Gasteiger partial charge < -0.3 is 10.1 Å². The summed E-state index contributed by atoms with van der Waals surface area (Å²) < 4.78 is 5.52. The number of benzene rings is 2. The van der Waals surface area contributed by atoms with Crippen molar-refractivity contribution < 1.29 is 9.53 Å². The highest BCUT2D eigenvalue weighted by molar-refractivity contribution is 5.91. The van der Waals surface area contributed by atoms with Crippen LogP contribution in [-0.4, -0.2) is 12.5 Å². The SMILES string of the molecule is CC(C)c1ccc(NC(=O)COc2ccc(C(C)C)cc2)cc1. The van der Waals surface area contributed by atoms with Gasteiger partial charge in [-0.25, -0.2) is 0 Å². The van der Waals surface area contributed by atoms with Crippen LogP contribution in [0.15, 0.2) is 48.5 Å². The molecular weight excluding hydrogens is 286 g/mol. The van der Waals surface area contributed by atoms with Crippen LogP contribution < -0.4 is 10.1 Å². The lowest BCUT2D eigenvalue weighted by molar-refractivity contribution is -0.118. The molecule has 0 radical (unpaired) electrons. The monoisotopic (exact) mass is 311 g/mol. The molecule has 1 amide bonds. The molecule has 0 saturated heterocycles. The first kappa shape index (κ1) is 17.1. The van der Waals surface area contributed by atoms with E-state index in [1.54, 1.807) is 0 Å². The number of nitrogens with one attached hydrogen (secondary N) is 1. The molecule has 3 nitrogen and oxygen atoms in total. The van der Waals surface area contributed by atoms with E-state index in [9.17, 15) is 4.79 Å². The maximum absolute atomic E-state index is 11.9. The van der Waals surface area contributed by atoms with E-state index < -0.39 is 0 Å². The molecule has 2 aromatic rings. The van der Waals surface area contributed by atoms with Crippen molar-refractivity contribution in [2.45, 2.75) is 39.5 Å². The molecule has 23 heavy (non-hydrogen) atoms. The molecule has 0 aliphatic carbocycles. The first-order valence-corrected chi connectivity index (χ1v) is 8.08. The van der Waals surface area contributed by atoms with Gasteiger partial charge in [0.15, 0.2) is 6.61 Å². The second-order valence-electron chi connectivity index (χ2n) is 6.34. The Morgan fingerprint density at radius 1 is 0.870 bits per heavy atom. The predicted octanol–water partition coefficient (Wildman–Crippen LogP) is 4.95. The van der Waals surface area contributed by atoms with Crippen molar-refractivity contribution in [2.24, 2.45) is 0 Å². The van der Waals surface area contributed by atoms with Crippen LogP contribution in [-0.2, 0) is 4.79 Å². The quantitative estimate of drug-likeness (QED) is 0.819. The van der Waals surface area contributed by atoms with Crippen LogP contribution in [0.1, 0.15) is 50.7 Å².